The Hall–Kier alpha value is -1.86. The predicted molar refractivity (Wildman–Crippen MR) is 242 cm³/mol. The van der Waals surface area contributed by atoms with Crippen LogP contribution in [0.25, 0.3) is 0 Å². The summed E-state index contributed by atoms with van der Waals surface area (Å²) >= 11 is 0. The second kappa shape index (κ2) is 19.9. The molecule has 26 atom stereocenters. The monoisotopic (exact) mass is 1050 g/mol. The zero-order valence-electron chi connectivity index (χ0n) is 41.6. The van der Waals surface area contributed by atoms with E-state index in [1.807, 2.05) is 6.92 Å². The van der Waals surface area contributed by atoms with Gasteiger partial charge in [-0.1, -0.05) is 51.5 Å². The molecule has 24 heteroatoms. The fourth-order valence-corrected chi connectivity index (χ4v) is 15.4. The number of fused-ring (bicyclic) bond motifs is 5. The van der Waals surface area contributed by atoms with Gasteiger partial charge in [0.05, 0.1) is 37.4 Å². The van der Waals surface area contributed by atoms with Gasteiger partial charge in [0.1, 0.15) is 85.5 Å². The van der Waals surface area contributed by atoms with E-state index in [9.17, 15) is 58.6 Å². The van der Waals surface area contributed by atoms with Gasteiger partial charge in [0.15, 0.2) is 25.2 Å². The minimum Gasteiger partial charge on any atom is -0.461 e. The first-order valence-corrected chi connectivity index (χ1v) is 26.4. The Morgan fingerprint density at radius 3 is 2.11 bits per heavy atom. The van der Waals surface area contributed by atoms with E-state index in [1.54, 1.807) is 0 Å². The second-order valence-electron chi connectivity index (χ2n) is 22.7. The number of aliphatic hydroxyl groups is 8. The summed E-state index contributed by atoms with van der Waals surface area (Å²) in [7, 11) is -3.88. The molecule has 25 unspecified atom stereocenters. The molecule has 9 N–H and O–H groups in total. The summed E-state index contributed by atoms with van der Waals surface area (Å²) in [6.07, 6.45) is -23.1. The molecule has 5 saturated heterocycles. The minimum absolute atomic E-state index is 0.0360. The molecule has 5 heterocycles. The Kier molecular flexibility index (Phi) is 15.1. The summed E-state index contributed by atoms with van der Waals surface area (Å²) < 4.78 is 97.1. The maximum absolute atomic E-state index is 13.7. The van der Waals surface area contributed by atoms with E-state index in [-0.39, 0.29) is 47.3 Å². The van der Waals surface area contributed by atoms with Gasteiger partial charge >= 0.3 is 16.4 Å². The molecule has 9 aliphatic rings. The van der Waals surface area contributed by atoms with Crippen molar-refractivity contribution >= 4 is 16.4 Å². The number of carbonyl (C=O) groups is 1. The van der Waals surface area contributed by atoms with Crippen LogP contribution in [0.1, 0.15) is 80.1 Å². The first kappa shape index (κ1) is 54.9. The van der Waals surface area contributed by atoms with Crippen LogP contribution in [0.5, 0.6) is 0 Å². The van der Waals surface area contributed by atoms with Crippen LogP contribution in [0.3, 0.4) is 0 Å². The lowest BCUT2D eigenvalue weighted by Gasteiger charge is -2.64. The Labute approximate surface area is 418 Å². The molecule has 3 saturated carbocycles. The van der Waals surface area contributed by atoms with Crippen LogP contribution in [-0.2, 0) is 66.7 Å². The van der Waals surface area contributed by atoms with Crippen LogP contribution < -0.4 is 0 Å². The van der Waals surface area contributed by atoms with Crippen LogP contribution in [0, 0.1) is 39.4 Å². The molecule has 410 valence electrons. The lowest BCUT2D eigenvalue weighted by Crippen LogP contribution is -2.66. The molecule has 0 radical (unpaired) electrons. The molecule has 0 aromatic carbocycles. The van der Waals surface area contributed by atoms with Crippen molar-refractivity contribution in [3.8, 4) is 0 Å². The van der Waals surface area contributed by atoms with Crippen molar-refractivity contribution in [3.63, 3.8) is 0 Å². The van der Waals surface area contributed by atoms with Crippen LogP contribution in [0.4, 0.5) is 0 Å². The Balaban J connectivity index is 0.904. The SMILES string of the molecule is C=C(C)C1C2C[C@@]3(C)C4=CCC5C(C)(C)C(OC6OCC(OS(=O)(=O)O)C(O)C6OC6OC(C)C(OC7OC(CO)C(O)C(OC8OCC(O)C(OC)C8O)C7O)C(O)C6O)CCC5(C)C4CCC13C(=O)O2. The van der Waals surface area contributed by atoms with E-state index < -0.39 is 151 Å². The highest BCUT2D eigenvalue weighted by atomic mass is 32.3. The highest BCUT2D eigenvalue weighted by molar-refractivity contribution is 7.80. The molecule has 9 rings (SSSR count). The Morgan fingerprint density at radius 2 is 1.44 bits per heavy atom. The molecule has 0 aromatic rings. The number of allylic oxidation sites excluding steroid dienone is 2. The van der Waals surface area contributed by atoms with Gasteiger partial charge < -0.3 is 88.2 Å². The molecule has 23 nitrogen and oxygen atoms in total. The Morgan fingerprint density at radius 1 is 0.792 bits per heavy atom. The zero-order chi connectivity index (χ0) is 52.4. The highest BCUT2D eigenvalue weighted by Crippen LogP contribution is 2.76. The number of aliphatic hydroxyl groups excluding tert-OH is 8. The molecule has 8 fully saturated rings. The zero-order valence-corrected chi connectivity index (χ0v) is 42.4. The van der Waals surface area contributed by atoms with Gasteiger partial charge in [-0.3, -0.25) is 9.35 Å². The van der Waals surface area contributed by atoms with E-state index in [0.29, 0.717) is 19.3 Å². The number of esters is 1. The fraction of sp³-hybridized carbons (Fsp3) is 0.896. The lowest BCUT2D eigenvalue weighted by molar-refractivity contribution is -0.386. The van der Waals surface area contributed by atoms with Gasteiger partial charge in [-0.25, -0.2) is 4.18 Å². The van der Waals surface area contributed by atoms with Gasteiger partial charge in [0.2, 0.25) is 0 Å². The van der Waals surface area contributed by atoms with Crippen molar-refractivity contribution in [2.24, 2.45) is 39.4 Å². The van der Waals surface area contributed by atoms with Crippen molar-refractivity contribution in [2.75, 3.05) is 26.9 Å². The summed E-state index contributed by atoms with van der Waals surface area (Å²) in [6.45, 7) is 14.8. The van der Waals surface area contributed by atoms with Crippen LogP contribution >= 0.6 is 0 Å². The third-order valence-corrected chi connectivity index (χ3v) is 18.9. The number of methoxy groups -OCH3 is 1. The van der Waals surface area contributed by atoms with Crippen molar-refractivity contribution in [1.29, 1.82) is 0 Å². The molecular weight excluding hydrogens is 977 g/mol. The maximum atomic E-state index is 13.7. The standard InChI is InChI=1S/C48H74O23S/c1-19(2)29-24-15-47(7)22-9-10-27-45(4,5)28(12-13-46(27,6)21(22)11-14-48(29,47)44(57)66-24)67-43-39(31(52)26(18-63-43)71-72(58,59)60)70-41-33(54)32(53)36(20(3)64-41)68-42-35(56)38(30(51)25(16-49)65-42)69-40-34(55)37(61-8)23(50)17-62-40/h9,20-21,23-43,49-56H,1,10-18H2,2-8H3,(H,58,59,60)/t20?,21?,23?,24?,25?,26?,27?,28?,29?,30?,31?,32?,33?,34?,35?,36?,37?,38?,39?,40?,41?,42?,43?,46?,47-,48?/m0/s1. The molecule has 72 heavy (non-hydrogen) atoms. The normalized spacial score (nSPS) is 52.1. The molecule has 0 aromatic heterocycles. The maximum Gasteiger partial charge on any atom is 0.397 e. The summed E-state index contributed by atoms with van der Waals surface area (Å²) in [5, 5.41) is 88.3. The highest BCUT2D eigenvalue weighted by Gasteiger charge is 2.76. The third kappa shape index (κ3) is 8.87. The van der Waals surface area contributed by atoms with Crippen molar-refractivity contribution in [1.82, 2.24) is 0 Å². The number of hydrogen-bond donors (Lipinski definition) is 9. The smallest absolute Gasteiger partial charge is 0.397 e. The van der Waals surface area contributed by atoms with Crippen LogP contribution in [-0.4, -0.2) is 210 Å². The molecule has 1 spiro atoms. The first-order valence-electron chi connectivity index (χ1n) is 25.0. The quantitative estimate of drug-likeness (QED) is 0.0615. The van der Waals surface area contributed by atoms with E-state index in [1.165, 1.54) is 19.6 Å². The Bertz CT molecular complexity index is 2160. The summed E-state index contributed by atoms with van der Waals surface area (Å²) in [4.78, 5) is 13.7. The van der Waals surface area contributed by atoms with Gasteiger partial charge in [-0.15, -0.1) is 0 Å². The van der Waals surface area contributed by atoms with Gasteiger partial charge in [0.25, 0.3) is 0 Å². The topological polar surface area (TPSA) is 335 Å². The molecule has 4 aliphatic carbocycles. The van der Waals surface area contributed by atoms with E-state index in [2.05, 4.69) is 40.3 Å². The molecular formula is C48H74O23S. The summed E-state index contributed by atoms with van der Waals surface area (Å²) in [5.41, 5.74) is 0.529. The fourth-order valence-electron chi connectivity index (χ4n) is 14.9. The van der Waals surface area contributed by atoms with Gasteiger partial charge in [-0.05, 0) is 75.0 Å². The van der Waals surface area contributed by atoms with Crippen LogP contribution in [0.15, 0.2) is 23.8 Å². The summed E-state index contributed by atoms with van der Waals surface area (Å²) in [6, 6.07) is 0. The van der Waals surface area contributed by atoms with E-state index in [0.717, 1.165) is 24.8 Å². The number of ether oxygens (including phenoxy) is 10. The molecule has 2 bridgehead atoms. The largest absolute Gasteiger partial charge is 0.461 e. The van der Waals surface area contributed by atoms with Crippen LogP contribution in [0.2, 0.25) is 0 Å². The van der Waals surface area contributed by atoms with Crippen molar-refractivity contribution in [2.45, 2.75) is 203 Å². The number of carbonyl (C=O) groups excluding carboxylic acids is 1. The summed E-state index contributed by atoms with van der Waals surface area (Å²) in [5.74, 6) is 0.106. The minimum atomic E-state index is -5.13. The average Bonchev–Trinajstić information content (AvgIpc) is 3.74. The van der Waals surface area contributed by atoms with Gasteiger partial charge in [-0.2, -0.15) is 8.42 Å². The van der Waals surface area contributed by atoms with Gasteiger partial charge in [0, 0.05) is 18.4 Å². The van der Waals surface area contributed by atoms with Crippen molar-refractivity contribution < 1.29 is 110 Å². The third-order valence-electron chi connectivity index (χ3n) is 18.5. The average molecular weight is 1050 g/mol. The first-order chi connectivity index (χ1) is 33.7. The number of hydrogen-bond acceptors (Lipinski definition) is 22. The molecule has 5 aliphatic heterocycles. The van der Waals surface area contributed by atoms with E-state index in [4.69, 9.17) is 51.6 Å². The lowest BCUT2D eigenvalue weighted by atomic mass is 9.40. The van der Waals surface area contributed by atoms with Crippen molar-refractivity contribution in [3.05, 3.63) is 23.8 Å². The predicted octanol–water partition coefficient (Wildman–Crippen LogP) is -0.872. The second-order valence-corrected chi connectivity index (χ2v) is 23.8. The number of rotatable bonds is 13. The molecule has 0 amide bonds. The van der Waals surface area contributed by atoms with E-state index >= 15 is 0 Å².